The maximum Gasteiger partial charge on any atom is 0.314 e. The SMILES string of the molecule is CC1=CC23CCC4[C@](C)(C(=O)O[C@@H]5O[C@H](CO)[C@@H](O)[C@H](O[C@@H]6O[C@H](CO)[C@@H](O)[C@H](O)[C@H]6O)[C@H]5O[C@@H]5O[C@H](CO)[C@@H](O)[C@H](O)[C@H]5O)CCC[C@@]4(C)[C@@H]2CCC1(O[C@@H]1O[C@H](CO)[C@@H](O)[C@H](O[C@@H]2O[C@H](CO)[C@@H](O)[C@H](O)[C@H]2O)[C@H]1O[C@@H]1O[C@H](CO)[C@@H](O)[C@H](O)[C@H]1O)C3. The molecule has 10 rings (SSSR count). The Labute approximate surface area is 509 Å². The molecule has 10 aliphatic rings. The summed E-state index contributed by atoms with van der Waals surface area (Å²) >= 11 is 0. The normalized spacial score (nSPS) is 54.4. The Hall–Kier alpha value is -2.03. The molecule has 20 N–H and O–H groups in total. The molecular formula is C56H90O33. The number of esters is 1. The van der Waals surface area contributed by atoms with Crippen LogP contribution in [0.2, 0.25) is 0 Å². The average Bonchev–Trinajstić information content (AvgIpc) is 1.62. The first-order valence-corrected chi connectivity index (χ1v) is 30.4. The van der Waals surface area contributed by atoms with Gasteiger partial charge < -0.3 is 159 Å². The van der Waals surface area contributed by atoms with Crippen molar-refractivity contribution in [1.29, 1.82) is 0 Å². The second kappa shape index (κ2) is 27.2. The molecule has 89 heavy (non-hydrogen) atoms. The molecule has 33 heteroatoms. The fourth-order valence-electron chi connectivity index (χ4n) is 16.3. The highest BCUT2D eigenvalue weighted by Gasteiger charge is 2.69. The standard InChI is InChI=1S/C56H90O33/c1-19-11-55-9-5-26-53(2,7-4-8-54(26,3)52(77)88-50-44(86-48-40(75)36(71)30(65)22(14-59)80-48)42(32(67)24(16-61)82-50)84-46-38(73)34(69)28(63)20(12-57)78-46)27(55)6-10-56(19,18-55)89-51-45(87-49-41(76)37(72)31(66)23(15-60)81-49)43(33(68)25(17-62)83-51)85-47-39(74)35(70)29(64)21(13-58)79-47/h11,20-51,57-76H,4-10,12-18H2,1-3H3/t20-,21-,22-,23-,24-,25-,26?,27+,28-,29-,30-,31-,32-,33-,34+,35+,36+,37+,38-,39-,40-,41-,42+,43+,44-,45-,46+,47+,48+,49+,50+,51+,53-,54-,55?,56?/m1/s1. The van der Waals surface area contributed by atoms with Crippen LogP contribution in [0, 0.1) is 28.1 Å². The summed E-state index contributed by atoms with van der Waals surface area (Å²) in [6.45, 7) is 0.383. The quantitative estimate of drug-likeness (QED) is 0.0344. The summed E-state index contributed by atoms with van der Waals surface area (Å²) < 4.78 is 73.0. The second-order valence-corrected chi connectivity index (χ2v) is 26.3. The Bertz CT molecular complexity index is 2410. The zero-order valence-corrected chi connectivity index (χ0v) is 49.2. The molecule has 3 saturated carbocycles. The van der Waals surface area contributed by atoms with Crippen molar-refractivity contribution in [1.82, 2.24) is 0 Å². The highest BCUT2D eigenvalue weighted by Crippen LogP contribution is 2.72. The van der Waals surface area contributed by atoms with E-state index < -0.39 is 258 Å². The lowest BCUT2D eigenvalue weighted by Crippen LogP contribution is -2.68. The number of allylic oxidation sites excluding steroid dienone is 1. The minimum Gasteiger partial charge on any atom is -0.432 e. The molecule has 6 saturated heterocycles. The first kappa shape index (κ1) is 69.8. The number of aliphatic hydroxyl groups excluding tert-OH is 20. The molecule has 6 aliphatic heterocycles. The third-order valence-corrected chi connectivity index (χ3v) is 21.2. The van der Waals surface area contributed by atoms with Gasteiger partial charge in [0.05, 0.1) is 50.7 Å². The number of ether oxygens (including phenoxy) is 12. The molecule has 0 amide bonds. The van der Waals surface area contributed by atoms with Crippen molar-refractivity contribution >= 4 is 5.97 Å². The summed E-state index contributed by atoms with van der Waals surface area (Å²) in [6, 6.07) is 0. The van der Waals surface area contributed by atoms with Crippen LogP contribution in [0.5, 0.6) is 0 Å². The van der Waals surface area contributed by atoms with E-state index in [1.54, 1.807) is 6.92 Å². The van der Waals surface area contributed by atoms with Gasteiger partial charge in [-0.05, 0) is 87.0 Å². The smallest absolute Gasteiger partial charge is 0.314 e. The predicted molar refractivity (Wildman–Crippen MR) is 284 cm³/mol. The average molecular weight is 1290 g/mol. The van der Waals surface area contributed by atoms with Crippen molar-refractivity contribution in [3.63, 3.8) is 0 Å². The van der Waals surface area contributed by atoms with E-state index in [2.05, 4.69) is 13.0 Å². The van der Waals surface area contributed by atoms with Gasteiger partial charge in [-0.25, -0.2) is 0 Å². The summed E-state index contributed by atoms with van der Waals surface area (Å²) in [7, 11) is 0. The highest BCUT2D eigenvalue weighted by molar-refractivity contribution is 5.77. The van der Waals surface area contributed by atoms with Gasteiger partial charge in [0, 0.05) is 0 Å². The minimum absolute atomic E-state index is 0.170. The molecule has 6 heterocycles. The summed E-state index contributed by atoms with van der Waals surface area (Å²) in [5, 5.41) is 215. The summed E-state index contributed by atoms with van der Waals surface area (Å²) in [4.78, 5) is 15.4. The summed E-state index contributed by atoms with van der Waals surface area (Å²) in [6.07, 6.45) is -50.0. The molecule has 4 aliphatic carbocycles. The van der Waals surface area contributed by atoms with Crippen LogP contribution in [0.3, 0.4) is 0 Å². The van der Waals surface area contributed by atoms with Crippen molar-refractivity contribution in [2.75, 3.05) is 39.6 Å². The predicted octanol–water partition coefficient (Wildman–Crippen LogP) is -9.47. The highest BCUT2D eigenvalue weighted by atomic mass is 16.8. The van der Waals surface area contributed by atoms with Gasteiger partial charge in [-0.15, -0.1) is 0 Å². The minimum atomic E-state index is -2.08. The number of hydrogen-bond acceptors (Lipinski definition) is 33. The first-order valence-electron chi connectivity index (χ1n) is 30.4. The van der Waals surface area contributed by atoms with Gasteiger partial charge in [0.2, 0.25) is 6.29 Å². The van der Waals surface area contributed by atoms with Crippen molar-refractivity contribution < 1.29 is 164 Å². The molecule has 9 fully saturated rings. The Morgan fingerprint density at radius 3 is 1.18 bits per heavy atom. The number of carbonyl (C=O) groups is 1. The van der Waals surface area contributed by atoms with Crippen molar-refractivity contribution in [2.24, 2.45) is 28.1 Å². The zero-order valence-electron chi connectivity index (χ0n) is 49.2. The van der Waals surface area contributed by atoms with Crippen LogP contribution in [0.15, 0.2) is 11.6 Å². The van der Waals surface area contributed by atoms with E-state index in [4.69, 9.17) is 56.8 Å². The molecule has 0 aromatic heterocycles. The number of carbonyl (C=O) groups excluding carboxylic acids is 1. The van der Waals surface area contributed by atoms with Gasteiger partial charge in [0.1, 0.15) is 140 Å². The molecule has 0 aromatic rings. The van der Waals surface area contributed by atoms with E-state index in [0.717, 1.165) is 5.57 Å². The van der Waals surface area contributed by atoms with Crippen molar-refractivity contribution in [2.45, 2.75) is 262 Å². The van der Waals surface area contributed by atoms with Crippen LogP contribution in [-0.4, -0.2) is 338 Å². The lowest BCUT2D eigenvalue weighted by atomic mass is 9.40. The molecule has 1 spiro atoms. The number of hydrogen-bond donors (Lipinski definition) is 20. The summed E-state index contributed by atoms with van der Waals surface area (Å²) in [5.41, 5.74) is -3.12. The van der Waals surface area contributed by atoms with E-state index in [9.17, 15) is 102 Å². The third kappa shape index (κ3) is 12.3. The maximum atomic E-state index is 15.4. The van der Waals surface area contributed by atoms with Gasteiger partial charge in [0.25, 0.3) is 0 Å². The third-order valence-electron chi connectivity index (χ3n) is 21.2. The van der Waals surface area contributed by atoms with E-state index >= 15 is 4.79 Å². The fourth-order valence-corrected chi connectivity index (χ4v) is 16.3. The lowest BCUT2D eigenvalue weighted by Gasteiger charge is -2.64. The molecule has 36 atom stereocenters. The van der Waals surface area contributed by atoms with Gasteiger partial charge in [0.15, 0.2) is 37.6 Å². The van der Waals surface area contributed by atoms with Crippen LogP contribution >= 0.6 is 0 Å². The summed E-state index contributed by atoms with van der Waals surface area (Å²) in [5.74, 6) is -1.45. The zero-order chi connectivity index (χ0) is 64.7. The van der Waals surface area contributed by atoms with E-state index in [1.807, 2.05) is 6.92 Å². The Kier molecular flexibility index (Phi) is 21.4. The molecule has 3 unspecified atom stereocenters. The fraction of sp³-hybridized carbons (Fsp3) is 0.946. The molecular weight excluding hydrogens is 1200 g/mol. The van der Waals surface area contributed by atoms with E-state index in [1.165, 1.54) is 0 Å². The van der Waals surface area contributed by atoms with Crippen LogP contribution in [0.25, 0.3) is 0 Å². The second-order valence-electron chi connectivity index (χ2n) is 26.3. The van der Waals surface area contributed by atoms with Crippen LogP contribution in [0.4, 0.5) is 0 Å². The van der Waals surface area contributed by atoms with Crippen molar-refractivity contribution in [3.8, 4) is 0 Å². The molecule has 0 radical (unpaired) electrons. The number of aliphatic hydroxyl groups is 20. The van der Waals surface area contributed by atoms with E-state index in [0.29, 0.717) is 38.5 Å². The van der Waals surface area contributed by atoms with Gasteiger partial charge in [-0.2, -0.15) is 0 Å². The molecule has 2 bridgehead atoms. The maximum absolute atomic E-state index is 15.4. The topological polar surface area (TPSA) is 532 Å². The van der Waals surface area contributed by atoms with Gasteiger partial charge >= 0.3 is 5.97 Å². The Morgan fingerprint density at radius 1 is 0.427 bits per heavy atom. The molecule has 512 valence electrons. The van der Waals surface area contributed by atoms with E-state index in [-0.39, 0.29) is 18.8 Å². The Balaban J connectivity index is 0.922. The molecule has 33 nitrogen and oxygen atoms in total. The van der Waals surface area contributed by atoms with Gasteiger partial charge in [-0.3, -0.25) is 4.79 Å². The van der Waals surface area contributed by atoms with Crippen LogP contribution in [0.1, 0.15) is 72.1 Å². The largest absolute Gasteiger partial charge is 0.432 e. The van der Waals surface area contributed by atoms with Crippen molar-refractivity contribution in [3.05, 3.63) is 11.6 Å². The monoisotopic (exact) mass is 1290 g/mol. The molecule has 0 aromatic carbocycles. The van der Waals surface area contributed by atoms with Crippen LogP contribution in [-0.2, 0) is 61.6 Å². The lowest BCUT2D eigenvalue weighted by molar-refractivity contribution is -0.400. The van der Waals surface area contributed by atoms with Crippen LogP contribution < -0.4 is 0 Å². The number of fused-ring (bicyclic) bond motifs is 3. The first-order chi connectivity index (χ1) is 42.1. The van der Waals surface area contributed by atoms with Gasteiger partial charge in [-0.1, -0.05) is 19.4 Å². The number of rotatable bonds is 18. The Morgan fingerprint density at radius 2 is 0.775 bits per heavy atom.